The number of para-hydroxylation sites is 1. The number of aliphatic imine (C=N–C) groups is 1. The minimum absolute atomic E-state index is 0.392. The van der Waals surface area contributed by atoms with Crippen LogP contribution in [0.1, 0.15) is 11.1 Å². The molecule has 0 bridgehead atoms. The van der Waals surface area contributed by atoms with E-state index in [1.54, 1.807) is 0 Å². The summed E-state index contributed by atoms with van der Waals surface area (Å²) in [5.74, 6) is 1.25. The van der Waals surface area contributed by atoms with Crippen molar-refractivity contribution < 1.29 is 4.74 Å². The molecule has 128 valence electrons. The van der Waals surface area contributed by atoms with E-state index in [1.165, 1.54) is 5.56 Å². The van der Waals surface area contributed by atoms with Crippen LogP contribution in [0.5, 0.6) is 5.75 Å². The van der Waals surface area contributed by atoms with Gasteiger partial charge in [0.05, 0.1) is 6.54 Å². The highest BCUT2D eigenvalue weighted by Gasteiger charge is 2.03. The van der Waals surface area contributed by atoms with Crippen molar-refractivity contribution in [1.29, 1.82) is 0 Å². The quantitative estimate of drug-likeness (QED) is 0.607. The van der Waals surface area contributed by atoms with E-state index < -0.39 is 0 Å². The highest BCUT2D eigenvalue weighted by atomic mass is 16.5. The van der Waals surface area contributed by atoms with Gasteiger partial charge in [-0.15, -0.1) is 0 Å². The lowest BCUT2D eigenvalue weighted by Gasteiger charge is -2.13. The molecular weight excluding hydrogens is 300 g/mol. The van der Waals surface area contributed by atoms with Gasteiger partial charge in [-0.25, -0.2) is 4.99 Å². The first-order chi connectivity index (χ1) is 11.5. The Morgan fingerprint density at radius 2 is 1.96 bits per heavy atom. The van der Waals surface area contributed by atoms with Crippen LogP contribution in [0.25, 0.3) is 0 Å². The van der Waals surface area contributed by atoms with Gasteiger partial charge < -0.3 is 20.7 Å². The molecule has 2 aromatic rings. The van der Waals surface area contributed by atoms with E-state index in [2.05, 4.69) is 15.2 Å². The number of hydrogen-bond donors (Lipinski definition) is 2. The molecule has 0 aliphatic carbocycles. The van der Waals surface area contributed by atoms with E-state index >= 15 is 0 Å². The predicted octanol–water partition coefficient (Wildman–Crippen LogP) is 2.86. The van der Waals surface area contributed by atoms with Crippen LogP contribution in [0.4, 0.5) is 5.69 Å². The first-order valence-electron chi connectivity index (χ1n) is 8.03. The van der Waals surface area contributed by atoms with Gasteiger partial charge in [0.25, 0.3) is 0 Å². The van der Waals surface area contributed by atoms with Crippen LogP contribution >= 0.6 is 0 Å². The molecule has 0 radical (unpaired) electrons. The summed E-state index contributed by atoms with van der Waals surface area (Å²) in [6.45, 7) is 4.03. The molecule has 5 heteroatoms. The normalized spacial score (nSPS) is 11.6. The van der Waals surface area contributed by atoms with Crippen molar-refractivity contribution in [2.24, 2.45) is 10.7 Å². The number of ether oxygens (including phenoxy) is 1. The van der Waals surface area contributed by atoms with E-state index in [9.17, 15) is 0 Å². The van der Waals surface area contributed by atoms with Gasteiger partial charge in [0.1, 0.15) is 12.4 Å². The topological polar surface area (TPSA) is 62.9 Å². The van der Waals surface area contributed by atoms with Gasteiger partial charge in [-0.1, -0.05) is 30.3 Å². The predicted molar refractivity (Wildman–Crippen MR) is 101 cm³/mol. The highest BCUT2D eigenvalue weighted by Crippen LogP contribution is 2.19. The monoisotopic (exact) mass is 326 g/mol. The first-order valence-corrected chi connectivity index (χ1v) is 8.03. The third kappa shape index (κ3) is 5.93. The Balaban J connectivity index is 1.97. The standard InChI is InChI=1S/C19H26N4O/c1-15-7-6-9-17(13-15)22-19(20)21-14-16-8-4-5-10-18(16)24-12-11-23(2)3/h4-10,13H,11-12,14H2,1-3H3,(H3,20,21,22). The van der Waals surface area contributed by atoms with Crippen LogP contribution in [0.15, 0.2) is 53.5 Å². The molecule has 2 aromatic carbocycles. The molecular formula is C19H26N4O. The molecule has 0 saturated carbocycles. The summed E-state index contributed by atoms with van der Waals surface area (Å²) in [6, 6.07) is 15.9. The molecule has 0 unspecified atom stereocenters. The van der Waals surface area contributed by atoms with Gasteiger partial charge in [-0.05, 0) is 44.8 Å². The number of guanidine groups is 1. The van der Waals surface area contributed by atoms with Crippen molar-refractivity contribution in [3.63, 3.8) is 0 Å². The van der Waals surface area contributed by atoms with Crippen LogP contribution in [-0.4, -0.2) is 38.1 Å². The maximum absolute atomic E-state index is 5.98. The second kappa shape index (κ2) is 8.93. The van der Waals surface area contributed by atoms with Crippen molar-refractivity contribution >= 4 is 11.6 Å². The number of hydrogen-bond acceptors (Lipinski definition) is 3. The van der Waals surface area contributed by atoms with Gasteiger partial charge in [-0.2, -0.15) is 0 Å². The molecule has 0 fully saturated rings. The average Bonchev–Trinajstić information content (AvgIpc) is 2.53. The summed E-state index contributed by atoms with van der Waals surface area (Å²) in [5.41, 5.74) is 9.11. The van der Waals surface area contributed by atoms with Crippen LogP contribution in [0, 0.1) is 6.92 Å². The second-order valence-corrected chi connectivity index (χ2v) is 5.96. The SMILES string of the molecule is Cc1cccc(NC(N)=NCc2ccccc2OCCN(C)C)c1. The Morgan fingerprint density at radius 1 is 1.17 bits per heavy atom. The van der Waals surface area contributed by atoms with Crippen LogP contribution in [0.2, 0.25) is 0 Å². The summed E-state index contributed by atoms with van der Waals surface area (Å²) >= 11 is 0. The molecule has 0 atom stereocenters. The third-order valence-electron chi connectivity index (χ3n) is 3.48. The summed E-state index contributed by atoms with van der Waals surface area (Å²) in [6.07, 6.45) is 0. The van der Waals surface area contributed by atoms with Gasteiger partial charge in [-0.3, -0.25) is 0 Å². The lowest BCUT2D eigenvalue weighted by atomic mass is 10.2. The lowest BCUT2D eigenvalue weighted by molar-refractivity contribution is 0.259. The number of nitrogens with one attached hydrogen (secondary N) is 1. The van der Waals surface area contributed by atoms with Crippen LogP contribution in [0.3, 0.4) is 0 Å². The van der Waals surface area contributed by atoms with E-state index in [0.29, 0.717) is 19.1 Å². The zero-order valence-corrected chi connectivity index (χ0v) is 14.6. The second-order valence-electron chi connectivity index (χ2n) is 5.96. The number of nitrogens with two attached hydrogens (primary N) is 1. The number of benzene rings is 2. The minimum atomic E-state index is 0.392. The molecule has 0 aliphatic rings. The number of aryl methyl sites for hydroxylation is 1. The van der Waals surface area contributed by atoms with Gasteiger partial charge in [0.15, 0.2) is 5.96 Å². The fourth-order valence-electron chi connectivity index (χ4n) is 2.19. The molecule has 0 heterocycles. The van der Waals surface area contributed by atoms with Crippen molar-refractivity contribution in [3.8, 4) is 5.75 Å². The van der Waals surface area contributed by atoms with Gasteiger partial charge >= 0.3 is 0 Å². The van der Waals surface area contributed by atoms with Crippen molar-refractivity contribution in [2.75, 3.05) is 32.6 Å². The fraction of sp³-hybridized carbons (Fsp3) is 0.316. The fourth-order valence-corrected chi connectivity index (χ4v) is 2.19. The van der Waals surface area contributed by atoms with Crippen molar-refractivity contribution in [2.45, 2.75) is 13.5 Å². The van der Waals surface area contributed by atoms with Crippen molar-refractivity contribution in [1.82, 2.24) is 4.90 Å². The number of anilines is 1. The Hall–Kier alpha value is -2.53. The third-order valence-corrected chi connectivity index (χ3v) is 3.48. The zero-order valence-electron chi connectivity index (χ0n) is 14.6. The lowest BCUT2D eigenvalue weighted by Crippen LogP contribution is -2.22. The van der Waals surface area contributed by atoms with E-state index in [1.807, 2.05) is 69.6 Å². The Morgan fingerprint density at radius 3 is 2.71 bits per heavy atom. The molecule has 3 N–H and O–H groups in total. The largest absolute Gasteiger partial charge is 0.492 e. The molecule has 0 amide bonds. The number of likely N-dealkylation sites (N-methyl/N-ethyl adjacent to an activating group) is 1. The van der Waals surface area contributed by atoms with Gasteiger partial charge in [0.2, 0.25) is 0 Å². The zero-order chi connectivity index (χ0) is 17.4. The van der Waals surface area contributed by atoms with E-state index in [4.69, 9.17) is 10.5 Å². The first kappa shape index (κ1) is 17.8. The minimum Gasteiger partial charge on any atom is -0.492 e. The van der Waals surface area contributed by atoms with E-state index in [-0.39, 0.29) is 0 Å². The molecule has 0 saturated heterocycles. The molecule has 5 nitrogen and oxygen atoms in total. The Kier molecular flexibility index (Phi) is 6.63. The Bertz CT molecular complexity index is 683. The van der Waals surface area contributed by atoms with E-state index in [0.717, 1.165) is 23.5 Å². The summed E-state index contributed by atoms with van der Waals surface area (Å²) in [7, 11) is 4.05. The number of rotatable bonds is 7. The summed E-state index contributed by atoms with van der Waals surface area (Å²) in [4.78, 5) is 6.50. The maximum atomic E-state index is 5.98. The molecule has 0 aromatic heterocycles. The smallest absolute Gasteiger partial charge is 0.193 e. The molecule has 0 spiro atoms. The maximum Gasteiger partial charge on any atom is 0.193 e. The van der Waals surface area contributed by atoms with Gasteiger partial charge in [0, 0.05) is 17.8 Å². The molecule has 24 heavy (non-hydrogen) atoms. The highest BCUT2D eigenvalue weighted by molar-refractivity contribution is 5.92. The summed E-state index contributed by atoms with van der Waals surface area (Å²) in [5, 5.41) is 3.11. The number of nitrogens with zero attached hydrogens (tertiary/aromatic N) is 2. The molecule has 2 rings (SSSR count). The Labute approximate surface area is 144 Å². The van der Waals surface area contributed by atoms with Crippen molar-refractivity contribution in [3.05, 3.63) is 59.7 Å². The van der Waals surface area contributed by atoms with Crippen LogP contribution in [-0.2, 0) is 6.54 Å². The van der Waals surface area contributed by atoms with Crippen LogP contribution < -0.4 is 15.8 Å². The summed E-state index contributed by atoms with van der Waals surface area (Å²) < 4.78 is 5.84. The average molecular weight is 326 g/mol. The molecule has 0 aliphatic heterocycles.